The van der Waals surface area contributed by atoms with Gasteiger partial charge in [-0.2, -0.15) is 0 Å². The molecule has 0 saturated carbocycles. The number of esters is 1. The third-order valence-corrected chi connectivity index (χ3v) is 6.22. The summed E-state index contributed by atoms with van der Waals surface area (Å²) in [4.78, 5) is 35.5. The van der Waals surface area contributed by atoms with Gasteiger partial charge in [0.25, 0.3) is 0 Å². The maximum absolute atomic E-state index is 13.8. The van der Waals surface area contributed by atoms with Gasteiger partial charge in [0, 0.05) is 26.3 Å². The smallest absolute Gasteiger partial charge is 0.321 e. The van der Waals surface area contributed by atoms with Crippen LogP contribution in [0.3, 0.4) is 0 Å². The van der Waals surface area contributed by atoms with Crippen LogP contribution in [0.1, 0.15) is 44.7 Å². The standard InChI is InChI=1S/C26H32N4O3/c1-5-7-10-17-29-24(31)22(25(32)33-6-2)23(18-13-15-19(16-14-18)28(3)4)30-21-12-9-8-11-20(21)27-26(29)30/h8-9,11-16,22-23H,5-7,10,17H2,1-4H3. The van der Waals surface area contributed by atoms with Crippen molar-refractivity contribution >= 4 is 34.5 Å². The fourth-order valence-electron chi connectivity index (χ4n) is 4.55. The van der Waals surface area contributed by atoms with Gasteiger partial charge in [0.2, 0.25) is 11.9 Å². The highest BCUT2D eigenvalue weighted by atomic mass is 16.5. The summed E-state index contributed by atoms with van der Waals surface area (Å²) in [7, 11) is 3.96. The number of benzene rings is 2. The van der Waals surface area contributed by atoms with Crippen LogP contribution in [0.25, 0.3) is 11.0 Å². The molecule has 1 aliphatic heterocycles. The molecule has 174 valence electrons. The Labute approximate surface area is 195 Å². The third-order valence-electron chi connectivity index (χ3n) is 6.22. The van der Waals surface area contributed by atoms with Gasteiger partial charge in [-0.3, -0.25) is 14.5 Å². The number of hydrogen-bond acceptors (Lipinski definition) is 5. The van der Waals surface area contributed by atoms with Crippen LogP contribution in [0.15, 0.2) is 48.5 Å². The summed E-state index contributed by atoms with van der Waals surface area (Å²) in [5.41, 5.74) is 3.63. The molecule has 0 bridgehead atoms. The third kappa shape index (κ3) is 4.19. The second-order valence-corrected chi connectivity index (χ2v) is 8.63. The number of ether oxygens (including phenoxy) is 1. The molecule has 0 fully saturated rings. The van der Waals surface area contributed by atoms with Gasteiger partial charge in [0.15, 0.2) is 5.92 Å². The molecular weight excluding hydrogens is 416 g/mol. The van der Waals surface area contributed by atoms with Crippen LogP contribution in [0.4, 0.5) is 11.6 Å². The molecule has 2 heterocycles. The van der Waals surface area contributed by atoms with Gasteiger partial charge in [-0.05, 0) is 43.2 Å². The Kier molecular flexibility index (Phi) is 6.67. The monoisotopic (exact) mass is 448 g/mol. The van der Waals surface area contributed by atoms with Gasteiger partial charge in [0.05, 0.1) is 23.7 Å². The van der Waals surface area contributed by atoms with E-state index in [-0.39, 0.29) is 12.5 Å². The lowest BCUT2D eigenvalue weighted by Crippen LogP contribution is -2.50. The van der Waals surface area contributed by atoms with E-state index in [1.54, 1.807) is 11.8 Å². The van der Waals surface area contributed by atoms with Crippen LogP contribution in [0.2, 0.25) is 0 Å². The van der Waals surface area contributed by atoms with Crippen molar-refractivity contribution in [2.24, 2.45) is 5.92 Å². The second kappa shape index (κ2) is 9.65. The number of amides is 1. The van der Waals surface area contributed by atoms with Crippen molar-refractivity contribution < 1.29 is 14.3 Å². The van der Waals surface area contributed by atoms with Crippen LogP contribution in [-0.4, -0.2) is 48.7 Å². The average molecular weight is 449 g/mol. The van der Waals surface area contributed by atoms with Gasteiger partial charge >= 0.3 is 5.97 Å². The summed E-state index contributed by atoms with van der Waals surface area (Å²) in [6.45, 7) is 4.64. The van der Waals surface area contributed by atoms with E-state index in [1.165, 1.54) is 0 Å². The largest absolute Gasteiger partial charge is 0.465 e. The quantitative estimate of drug-likeness (QED) is 0.290. The first kappa shape index (κ1) is 22.8. The molecule has 0 saturated heterocycles. The highest BCUT2D eigenvalue weighted by Gasteiger charge is 2.47. The molecule has 0 radical (unpaired) electrons. The number of carbonyl (C=O) groups excluding carboxylic acids is 2. The van der Waals surface area contributed by atoms with Gasteiger partial charge in [-0.15, -0.1) is 0 Å². The molecule has 4 rings (SSSR count). The van der Waals surface area contributed by atoms with Crippen molar-refractivity contribution in [2.75, 3.05) is 37.0 Å². The Balaban J connectivity index is 1.91. The number of imidazole rings is 1. The summed E-state index contributed by atoms with van der Waals surface area (Å²) >= 11 is 0. The summed E-state index contributed by atoms with van der Waals surface area (Å²) in [6, 6.07) is 15.3. The molecule has 0 spiro atoms. The van der Waals surface area contributed by atoms with Crippen molar-refractivity contribution in [2.45, 2.75) is 39.2 Å². The number of hydrogen-bond donors (Lipinski definition) is 0. The van der Waals surface area contributed by atoms with E-state index >= 15 is 0 Å². The topological polar surface area (TPSA) is 67.7 Å². The summed E-state index contributed by atoms with van der Waals surface area (Å²) < 4.78 is 7.47. The van der Waals surface area contributed by atoms with E-state index in [9.17, 15) is 9.59 Å². The number of aromatic nitrogens is 2. The van der Waals surface area contributed by atoms with Crippen molar-refractivity contribution in [3.05, 3.63) is 54.1 Å². The van der Waals surface area contributed by atoms with Gasteiger partial charge in [0.1, 0.15) is 0 Å². The molecule has 1 aliphatic rings. The van der Waals surface area contributed by atoms with Gasteiger partial charge < -0.3 is 14.2 Å². The van der Waals surface area contributed by atoms with Crippen molar-refractivity contribution in [1.29, 1.82) is 0 Å². The fourth-order valence-corrected chi connectivity index (χ4v) is 4.55. The van der Waals surface area contributed by atoms with Crippen LogP contribution >= 0.6 is 0 Å². The zero-order chi connectivity index (χ0) is 23.5. The number of nitrogens with zero attached hydrogens (tertiary/aromatic N) is 4. The molecule has 2 unspecified atom stereocenters. The lowest BCUT2D eigenvalue weighted by Gasteiger charge is -2.38. The van der Waals surface area contributed by atoms with E-state index in [1.807, 2.05) is 67.5 Å². The van der Waals surface area contributed by atoms with Crippen LogP contribution in [-0.2, 0) is 14.3 Å². The lowest BCUT2D eigenvalue weighted by molar-refractivity contribution is -0.153. The predicted octanol–water partition coefficient (Wildman–Crippen LogP) is 4.41. The normalized spacial score (nSPS) is 17.8. The molecule has 7 heteroatoms. The van der Waals surface area contributed by atoms with E-state index in [2.05, 4.69) is 11.5 Å². The molecule has 7 nitrogen and oxygen atoms in total. The first-order chi connectivity index (χ1) is 16.0. The number of rotatable bonds is 8. The second-order valence-electron chi connectivity index (χ2n) is 8.63. The number of anilines is 2. The molecule has 3 aromatic rings. The van der Waals surface area contributed by atoms with Crippen molar-refractivity contribution in [3.63, 3.8) is 0 Å². The Bertz CT molecular complexity index is 1140. The van der Waals surface area contributed by atoms with Crippen LogP contribution in [0.5, 0.6) is 0 Å². The van der Waals surface area contributed by atoms with Crippen molar-refractivity contribution in [1.82, 2.24) is 9.55 Å². The molecule has 1 aromatic heterocycles. The Morgan fingerprint density at radius 3 is 2.45 bits per heavy atom. The lowest BCUT2D eigenvalue weighted by atomic mass is 9.89. The SMILES string of the molecule is CCCCCN1C(=O)C(C(=O)OCC)C(c2ccc(N(C)C)cc2)n2c1nc1ccccc12. The highest BCUT2D eigenvalue weighted by molar-refractivity contribution is 6.08. The zero-order valence-corrected chi connectivity index (χ0v) is 19.8. The molecule has 0 aliphatic carbocycles. The fraction of sp³-hybridized carbons (Fsp3) is 0.423. The Morgan fingerprint density at radius 2 is 1.79 bits per heavy atom. The summed E-state index contributed by atoms with van der Waals surface area (Å²) in [5, 5.41) is 0. The van der Waals surface area contributed by atoms with Crippen molar-refractivity contribution in [3.8, 4) is 0 Å². The number of para-hydroxylation sites is 2. The minimum atomic E-state index is -0.970. The minimum absolute atomic E-state index is 0.224. The van der Waals surface area contributed by atoms with E-state index in [4.69, 9.17) is 9.72 Å². The number of fused-ring (bicyclic) bond motifs is 3. The van der Waals surface area contributed by atoms with Gasteiger partial charge in [-0.25, -0.2) is 4.98 Å². The predicted molar refractivity (Wildman–Crippen MR) is 131 cm³/mol. The summed E-state index contributed by atoms with van der Waals surface area (Å²) in [6.07, 6.45) is 2.90. The first-order valence-corrected chi connectivity index (χ1v) is 11.7. The number of carbonyl (C=O) groups is 2. The highest BCUT2D eigenvalue weighted by Crippen LogP contribution is 2.41. The summed E-state index contributed by atoms with van der Waals surface area (Å²) in [5.74, 6) is -1.11. The van der Waals surface area contributed by atoms with E-state index in [0.717, 1.165) is 41.5 Å². The van der Waals surface area contributed by atoms with Crippen LogP contribution in [0, 0.1) is 5.92 Å². The molecule has 1 amide bonds. The average Bonchev–Trinajstić information content (AvgIpc) is 3.19. The Morgan fingerprint density at radius 1 is 1.06 bits per heavy atom. The molecular formula is C26H32N4O3. The first-order valence-electron chi connectivity index (χ1n) is 11.7. The molecule has 2 aromatic carbocycles. The van der Waals surface area contributed by atoms with E-state index < -0.39 is 17.9 Å². The molecule has 2 atom stereocenters. The van der Waals surface area contributed by atoms with Gasteiger partial charge in [-0.1, -0.05) is 44.0 Å². The maximum Gasteiger partial charge on any atom is 0.321 e. The van der Waals surface area contributed by atoms with E-state index in [0.29, 0.717) is 12.5 Å². The zero-order valence-electron chi connectivity index (χ0n) is 19.8. The minimum Gasteiger partial charge on any atom is -0.465 e. The Hall–Kier alpha value is -3.35. The number of unbranched alkanes of at least 4 members (excludes halogenated alkanes) is 2. The maximum atomic E-state index is 13.8. The molecule has 0 N–H and O–H groups in total. The van der Waals surface area contributed by atoms with Crippen LogP contribution < -0.4 is 9.80 Å². The molecule has 33 heavy (non-hydrogen) atoms.